The molecule has 0 N–H and O–H groups in total. The fourth-order valence-corrected chi connectivity index (χ4v) is 2.75. The monoisotopic (exact) mass is 366 g/mol. The first-order chi connectivity index (χ1) is 13.1. The van der Waals surface area contributed by atoms with Crippen LogP contribution in [0, 0.1) is 6.92 Å². The van der Waals surface area contributed by atoms with Gasteiger partial charge >= 0.3 is 5.97 Å². The van der Waals surface area contributed by atoms with Crippen molar-refractivity contribution in [3.8, 4) is 11.5 Å². The summed E-state index contributed by atoms with van der Waals surface area (Å²) in [5, 5.41) is 0. The molecule has 0 atom stereocenters. The highest BCUT2D eigenvalue weighted by Gasteiger charge is 2.10. The van der Waals surface area contributed by atoms with Crippen LogP contribution in [0.5, 0.6) is 11.5 Å². The molecule has 0 amide bonds. The summed E-state index contributed by atoms with van der Waals surface area (Å²) in [5.41, 5.74) is 3.35. The van der Waals surface area contributed by atoms with Crippen LogP contribution in [-0.2, 0) is 16.1 Å². The number of methoxy groups -OCH3 is 1. The third kappa shape index (κ3) is 4.28. The molecule has 3 rings (SSSR count). The van der Waals surface area contributed by atoms with Crippen LogP contribution in [0.2, 0.25) is 0 Å². The summed E-state index contributed by atoms with van der Waals surface area (Å²) in [6, 6.07) is 11.2. The van der Waals surface area contributed by atoms with Gasteiger partial charge in [-0.25, -0.2) is 9.78 Å². The first-order valence-electron chi connectivity index (χ1n) is 8.70. The third-order valence-electron chi connectivity index (χ3n) is 4.08. The van der Waals surface area contributed by atoms with Gasteiger partial charge in [0.2, 0.25) is 0 Å². The molecule has 0 aliphatic rings. The van der Waals surface area contributed by atoms with E-state index in [0.717, 1.165) is 22.6 Å². The fourth-order valence-electron chi connectivity index (χ4n) is 2.75. The van der Waals surface area contributed by atoms with Crippen LogP contribution in [0.1, 0.15) is 23.9 Å². The lowest BCUT2D eigenvalue weighted by atomic mass is 10.2. The van der Waals surface area contributed by atoms with E-state index in [9.17, 15) is 4.79 Å². The average molecular weight is 366 g/mol. The van der Waals surface area contributed by atoms with Crippen molar-refractivity contribution in [3.05, 3.63) is 65.6 Å². The Morgan fingerprint density at radius 1 is 1.22 bits per heavy atom. The van der Waals surface area contributed by atoms with Crippen molar-refractivity contribution in [2.45, 2.75) is 20.5 Å². The van der Waals surface area contributed by atoms with Gasteiger partial charge in [0.1, 0.15) is 12.3 Å². The highest BCUT2D eigenvalue weighted by molar-refractivity contribution is 5.87. The molecule has 0 aliphatic heterocycles. The fraction of sp³-hybridized carbons (Fsp3) is 0.238. The van der Waals surface area contributed by atoms with Crippen LogP contribution in [0.4, 0.5) is 0 Å². The zero-order chi connectivity index (χ0) is 19.2. The van der Waals surface area contributed by atoms with Crippen LogP contribution in [0.25, 0.3) is 11.7 Å². The summed E-state index contributed by atoms with van der Waals surface area (Å²) < 4.78 is 18.1. The molecule has 6 heteroatoms. The summed E-state index contributed by atoms with van der Waals surface area (Å²) in [7, 11) is 1.58. The molecule has 1 aromatic carbocycles. The van der Waals surface area contributed by atoms with Gasteiger partial charge in [-0.1, -0.05) is 12.1 Å². The zero-order valence-electron chi connectivity index (χ0n) is 15.6. The molecule has 0 fully saturated rings. The number of hydrogen-bond acceptors (Lipinski definition) is 5. The second-order valence-corrected chi connectivity index (χ2v) is 5.86. The Labute approximate surface area is 158 Å². The van der Waals surface area contributed by atoms with Gasteiger partial charge in [0, 0.05) is 12.3 Å². The molecule has 0 aliphatic carbocycles. The maximum absolute atomic E-state index is 12.1. The molecule has 6 nitrogen and oxygen atoms in total. The van der Waals surface area contributed by atoms with Gasteiger partial charge in [-0.3, -0.25) is 0 Å². The number of hydrogen-bond donors (Lipinski definition) is 0. The molecule has 0 saturated heterocycles. The lowest BCUT2D eigenvalue weighted by Crippen LogP contribution is -2.04. The van der Waals surface area contributed by atoms with E-state index >= 15 is 0 Å². The highest BCUT2D eigenvalue weighted by atomic mass is 16.5. The largest absolute Gasteiger partial charge is 0.493 e. The van der Waals surface area contributed by atoms with E-state index in [1.807, 2.05) is 60.8 Å². The Hall–Kier alpha value is -3.28. The molecule has 3 aromatic rings. The Kier molecular flexibility index (Phi) is 5.76. The molecule has 140 valence electrons. The smallest absolute Gasteiger partial charge is 0.331 e. The quantitative estimate of drug-likeness (QED) is 0.470. The van der Waals surface area contributed by atoms with Gasteiger partial charge in [-0.05, 0) is 49.8 Å². The standard InChI is InChI=1S/C21H22N2O4/c1-4-26-18-10-8-16(13-19(18)25-3)9-11-21(24)27-14-17-15(2)22-20-7-5-6-12-23(17)20/h5-13H,4,14H2,1-3H3/b11-9+. The number of nitrogens with zero attached hydrogens (tertiary/aromatic N) is 2. The van der Waals surface area contributed by atoms with Crippen molar-refractivity contribution in [1.82, 2.24) is 9.38 Å². The first-order valence-corrected chi connectivity index (χ1v) is 8.70. The number of ether oxygens (including phenoxy) is 3. The Morgan fingerprint density at radius 3 is 2.85 bits per heavy atom. The Balaban J connectivity index is 1.66. The van der Waals surface area contributed by atoms with Crippen molar-refractivity contribution < 1.29 is 19.0 Å². The lowest BCUT2D eigenvalue weighted by molar-refractivity contribution is -0.139. The predicted octanol–water partition coefficient (Wildman–Crippen LogP) is 3.81. The van der Waals surface area contributed by atoms with Gasteiger partial charge in [0.15, 0.2) is 11.5 Å². The number of aryl methyl sites for hydroxylation is 1. The van der Waals surface area contributed by atoms with Crippen molar-refractivity contribution >= 4 is 17.7 Å². The van der Waals surface area contributed by atoms with Crippen LogP contribution in [-0.4, -0.2) is 29.1 Å². The van der Waals surface area contributed by atoms with E-state index in [1.165, 1.54) is 6.08 Å². The second kappa shape index (κ2) is 8.40. The van der Waals surface area contributed by atoms with Crippen molar-refractivity contribution in [1.29, 1.82) is 0 Å². The molecular formula is C21H22N2O4. The molecule has 0 radical (unpaired) electrons. The van der Waals surface area contributed by atoms with Crippen molar-refractivity contribution in [2.75, 3.05) is 13.7 Å². The number of esters is 1. The summed E-state index contributed by atoms with van der Waals surface area (Å²) in [5.74, 6) is 0.865. The lowest BCUT2D eigenvalue weighted by Gasteiger charge is -2.09. The molecule has 0 bridgehead atoms. The SMILES string of the molecule is CCOc1ccc(/C=C/C(=O)OCc2c(C)nc3ccccn23)cc1OC. The van der Waals surface area contributed by atoms with Crippen LogP contribution >= 0.6 is 0 Å². The summed E-state index contributed by atoms with van der Waals surface area (Å²) >= 11 is 0. The normalized spacial score (nSPS) is 11.1. The Morgan fingerprint density at radius 2 is 2.07 bits per heavy atom. The van der Waals surface area contributed by atoms with Gasteiger partial charge in [0.05, 0.1) is 25.1 Å². The molecule has 2 aromatic heterocycles. The minimum atomic E-state index is -0.423. The number of fused-ring (bicyclic) bond motifs is 1. The number of pyridine rings is 1. The number of carbonyl (C=O) groups is 1. The number of imidazole rings is 1. The minimum absolute atomic E-state index is 0.160. The number of rotatable bonds is 7. The number of carbonyl (C=O) groups excluding carboxylic acids is 1. The summed E-state index contributed by atoms with van der Waals surface area (Å²) in [6.07, 6.45) is 4.98. The summed E-state index contributed by atoms with van der Waals surface area (Å²) in [6.45, 7) is 4.53. The number of aromatic nitrogens is 2. The van der Waals surface area contributed by atoms with Gasteiger partial charge in [-0.2, -0.15) is 0 Å². The third-order valence-corrected chi connectivity index (χ3v) is 4.08. The van der Waals surface area contributed by atoms with Crippen LogP contribution in [0.15, 0.2) is 48.7 Å². The van der Waals surface area contributed by atoms with E-state index in [-0.39, 0.29) is 6.61 Å². The van der Waals surface area contributed by atoms with Crippen LogP contribution < -0.4 is 9.47 Å². The van der Waals surface area contributed by atoms with Crippen LogP contribution in [0.3, 0.4) is 0 Å². The van der Waals surface area contributed by atoms with E-state index in [1.54, 1.807) is 13.2 Å². The van der Waals surface area contributed by atoms with Crippen molar-refractivity contribution in [3.63, 3.8) is 0 Å². The number of benzene rings is 1. The molecule has 27 heavy (non-hydrogen) atoms. The topological polar surface area (TPSA) is 62.1 Å². The molecule has 2 heterocycles. The molecule has 0 spiro atoms. The summed E-state index contributed by atoms with van der Waals surface area (Å²) in [4.78, 5) is 16.5. The average Bonchev–Trinajstić information content (AvgIpc) is 3.00. The maximum Gasteiger partial charge on any atom is 0.331 e. The first kappa shape index (κ1) is 18.5. The molecule has 0 unspecified atom stereocenters. The van der Waals surface area contributed by atoms with Crippen molar-refractivity contribution in [2.24, 2.45) is 0 Å². The van der Waals surface area contributed by atoms with Gasteiger partial charge in [0.25, 0.3) is 0 Å². The zero-order valence-corrected chi connectivity index (χ0v) is 15.6. The maximum atomic E-state index is 12.1. The van der Waals surface area contributed by atoms with Gasteiger partial charge in [-0.15, -0.1) is 0 Å². The Bertz CT molecular complexity index is 975. The molecule has 0 saturated carbocycles. The second-order valence-electron chi connectivity index (χ2n) is 5.86. The van der Waals surface area contributed by atoms with E-state index in [2.05, 4.69) is 4.98 Å². The predicted molar refractivity (Wildman–Crippen MR) is 103 cm³/mol. The van der Waals surface area contributed by atoms with E-state index < -0.39 is 5.97 Å². The molecular weight excluding hydrogens is 344 g/mol. The minimum Gasteiger partial charge on any atom is -0.493 e. The van der Waals surface area contributed by atoms with E-state index in [4.69, 9.17) is 14.2 Å². The van der Waals surface area contributed by atoms with E-state index in [0.29, 0.717) is 18.1 Å². The highest BCUT2D eigenvalue weighted by Crippen LogP contribution is 2.28. The van der Waals surface area contributed by atoms with Gasteiger partial charge < -0.3 is 18.6 Å².